The van der Waals surface area contributed by atoms with Gasteiger partial charge < -0.3 is 14.8 Å². The minimum atomic E-state index is 0.233. The number of nitrogens with one attached hydrogen (secondary N) is 1. The van der Waals surface area contributed by atoms with Gasteiger partial charge in [-0.3, -0.25) is 0 Å². The summed E-state index contributed by atoms with van der Waals surface area (Å²) >= 11 is 2.08. The molecule has 1 aliphatic rings. The first-order valence-electron chi connectivity index (χ1n) is 7.74. The molecule has 1 aromatic carbocycles. The van der Waals surface area contributed by atoms with Gasteiger partial charge in [0, 0.05) is 16.4 Å². The second-order valence-electron chi connectivity index (χ2n) is 5.76. The average molecular weight is 309 g/mol. The summed E-state index contributed by atoms with van der Waals surface area (Å²) < 4.78 is 11.2. The quantitative estimate of drug-likeness (QED) is 0.824. The number of benzene rings is 1. The zero-order valence-corrected chi connectivity index (χ0v) is 14.4. The summed E-state index contributed by atoms with van der Waals surface area (Å²) in [6.07, 6.45) is 3.67. The first-order chi connectivity index (χ1) is 10.1. The van der Waals surface area contributed by atoms with Crippen LogP contribution >= 0.6 is 11.8 Å². The third kappa shape index (κ3) is 3.67. The van der Waals surface area contributed by atoms with Crippen molar-refractivity contribution in [2.24, 2.45) is 0 Å². The van der Waals surface area contributed by atoms with Gasteiger partial charge in [-0.15, -0.1) is 0 Å². The van der Waals surface area contributed by atoms with Crippen molar-refractivity contribution in [3.8, 4) is 11.5 Å². The Morgan fingerprint density at radius 3 is 2.71 bits per heavy atom. The zero-order chi connectivity index (χ0) is 15.3. The van der Waals surface area contributed by atoms with Crippen molar-refractivity contribution < 1.29 is 9.47 Å². The van der Waals surface area contributed by atoms with Crippen LogP contribution in [0.25, 0.3) is 0 Å². The van der Waals surface area contributed by atoms with E-state index in [4.69, 9.17) is 9.47 Å². The van der Waals surface area contributed by atoms with Gasteiger partial charge in [-0.1, -0.05) is 13.0 Å². The monoisotopic (exact) mass is 309 g/mol. The summed E-state index contributed by atoms with van der Waals surface area (Å²) in [5.74, 6) is 3.00. The number of thioether (sulfide) groups is 1. The molecule has 1 fully saturated rings. The molecule has 0 bridgehead atoms. The normalized spacial score (nSPS) is 23.0. The number of ether oxygens (including phenoxy) is 2. The molecule has 1 heterocycles. The van der Waals surface area contributed by atoms with Crippen LogP contribution in [0.4, 0.5) is 0 Å². The summed E-state index contributed by atoms with van der Waals surface area (Å²) in [5.41, 5.74) is 1.24. The van der Waals surface area contributed by atoms with Gasteiger partial charge in [-0.25, -0.2) is 0 Å². The fourth-order valence-electron chi connectivity index (χ4n) is 3.03. The van der Waals surface area contributed by atoms with Gasteiger partial charge in [0.05, 0.1) is 20.3 Å². The number of hydrogen-bond donors (Lipinski definition) is 1. The van der Waals surface area contributed by atoms with Crippen molar-refractivity contribution >= 4 is 11.8 Å². The van der Waals surface area contributed by atoms with Crippen molar-refractivity contribution in [1.29, 1.82) is 0 Å². The van der Waals surface area contributed by atoms with Gasteiger partial charge in [-0.05, 0) is 44.6 Å². The lowest BCUT2D eigenvalue weighted by Crippen LogP contribution is -2.38. The molecule has 0 radical (unpaired) electrons. The molecular formula is C17H27NO2S. The van der Waals surface area contributed by atoms with Crippen molar-refractivity contribution in [2.45, 2.75) is 43.9 Å². The first-order valence-corrected chi connectivity index (χ1v) is 8.72. The first kappa shape index (κ1) is 16.5. The fraction of sp³-hybridized carbons (Fsp3) is 0.647. The molecule has 0 saturated carbocycles. The Balaban J connectivity index is 2.35. The highest BCUT2D eigenvalue weighted by Gasteiger charge is 2.39. The summed E-state index contributed by atoms with van der Waals surface area (Å²) in [7, 11) is 3.43. The Morgan fingerprint density at radius 2 is 2.14 bits per heavy atom. The summed E-state index contributed by atoms with van der Waals surface area (Å²) in [4.78, 5) is 0. The van der Waals surface area contributed by atoms with E-state index in [1.165, 1.54) is 24.2 Å². The Bertz CT molecular complexity index is 458. The highest BCUT2D eigenvalue weighted by atomic mass is 32.2. The lowest BCUT2D eigenvalue weighted by Gasteiger charge is -2.35. The van der Waals surface area contributed by atoms with Crippen LogP contribution in [-0.2, 0) is 0 Å². The lowest BCUT2D eigenvalue weighted by atomic mass is 9.89. The number of methoxy groups -OCH3 is 2. The van der Waals surface area contributed by atoms with E-state index in [1.54, 1.807) is 14.2 Å². The van der Waals surface area contributed by atoms with E-state index < -0.39 is 0 Å². The molecule has 1 aliphatic heterocycles. The third-order valence-corrected chi connectivity index (χ3v) is 5.80. The predicted molar refractivity (Wildman–Crippen MR) is 90.7 cm³/mol. The van der Waals surface area contributed by atoms with Crippen LogP contribution in [0.15, 0.2) is 18.2 Å². The van der Waals surface area contributed by atoms with Crippen molar-refractivity contribution in [3.63, 3.8) is 0 Å². The van der Waals surface area contributed by atoms with Crippen LogP contribution in [0.2, 0.25) is 0 Å². The maximum absolute atomic E-state index is 5.62. The van der Waals surface area contributed by atoms with E-state index in [-0.39, 0.29) is 4.75 Å². The van der Waals surface area contributed by atoms with Crippen molar-refractivity contribution in [2.75, 3.05) is 26.5 Å². The van der Waals surface area contributed by atoms with E-state index in [0.717, 1.165) is 24.5 Å². The van der Waals surface area contributed by atoms with Crippen LogP contribution in [0.5, 0.6) is 11.5 Å². The molecule has 0 aliphatic carbocycles. The van der Waals surface area contributed by atoms with E-state index in [9.17, 15) is 0 Å². The minimum Gasteiger partial charge on any atom is -0.497 e. The second-order valence-corrected chi connectivity index (χ2v) is 7.39. The molecule has 3 nitrogen and oxygen atoms in total. The Hall–Kier alpha value is -0.870. The van der Waals surface area contributed by atoms with Crippen LogP contribution in [0, 0.1) is 0 Å². The Labute approximate surface area is 132 Å². The van der Waals surface area contributed by atoms with E-state index in [0.29, 0.717) is 6.04 Å². The molecule has 0 amide bonds. The molecule has 0 aromatic heterocycles. The van der Waals surface area contributed by atoms with Crippen molar-refractivity contribution in [1.82, 2.24) is 5.32 Å². The largest absolute Gasteiger partial charge is 0.497 e. The van der Waals surface area contributed by atoms with Gasteiger partial charge in [-0.2, -0.15) is 11.8 Å². The van der Waals surface area contributed by atoms with Gasteiger partial charge in [0.1, 0.15) is 11.5 Å². The predicted octanol–water partition coefficient (Wildman–Crippen LogP) is 4.03. The molecule has 118 valence electrons. The molecule has 4 heteroatoms. The molecular weight excluding hydrogens is 282 g/mol. The Morgan fingerprint density at radius 1 is 1.33 bits per heavy atom. The summed E-state index contributed by atoms with van der Waals surface area (Å²) in [6.45, 7) is 5.61. The molecule has 2 unspecified atom stereocenters. The Kier molecular flexibility index (Phi) is 5.82. The smallest absolute Gasteiger partial charge is 0.127 e. The molecule has 0 spiro atoms. The van der Waals surface area contributed by atoms with Gasteiger partial charge in [0.2, 0.25) is 0 Å². The molecule has 2 rings (SSSR count). The van der Waals surface area contributed by atoms with E-state index >= 15 is 0 Å². The van der Waals surface area contributed by atoms with E-state index in [1.807, 2.05) is 12.1 Å². The fourth-order valence-corrected chi connectivity index (χ4v) is 4.45. The molecule has 1 saturated heterocycles. The zero-order valence-electron chi connectivity index (χ0n) is 13.6. The summed E-state index contributed by atoms with van der Waals surface area (Å²) in [6, 6.07) is 6.47. The lowest BCUT2D eigenvalue weighted by molar-refractivity contribution is 0.365. The number of rotatable bonds is 7. The molecule has 1 N–H and O–H groups in total. The van der Waals surface area contributed by atoms with Crippen molar-refractivity contribution in [3.05, 3.63) is 23.8 Å². The average Bonchev–Trinajstić information content (AvgIpc) is 2.95. The van der Waals surface area contributed by atoms with Gasteiger partial charge in [0.15, 0.2) is 0 Å². The SMILES string of the molecule is CCCNC(c1ccc(OC)cc1OC)C1(C)CCCS1. The second kappa shape index (κ2) is 7.41. The third-order valence-electron chi connectivity index (χ3n) is 4.21. The maximum atomic E-state index is 5.62. The van der Waals surface area contributed by atoms with Crippen LogP contribution in [0.1, 0.15) is 44.7 Å². The van der Waals surface area contributed by atoms with E-state index in [2.05, 4.69) is 37.0 Å². The van der Waals surface area contributed by atoms with Crippen LogP contribution in [-0.4, -0.2) is 31.3 Å². The standard InChI is InChI=1S/C17H27NO2S/c1-5-10-18-16(17(2)9-6-11-21-17)14-8-7-13(19-3)12-15(14)20-4/h7-8,12,16,18H,5-6,9-11H2,1-4H3. The van der Waals surface area contributed by atoms with Crippen LogP contribution in [0.3, 0.4) is 0 Å². The van der Waals surface area contributed by atoms with Gasteiger partial charge >= 0.3 is 0 Å². The van der Waals surface area contributed by atoms with Crippen LogP contribution < -0.4 is 14.8 Å². The summed E-state index contributed by atoms with van der Waals surface area (Å²) in [5, 5.41) is 3.74. The number of hydrogen-bond acceptors (Lipinski definition) is 4. The maximum Gasteiger partial charge on any atom is 0.127 e. The molecule has 1 aromatic rings. The molecule has 21 heavy (non-hydrogen) atoms. The minimum absolute atomic E-state index is 0.233. The van der Waals surface area contributed by atoms with Gasteiger partial charge in [0.25, 0.3) is 0 Å². The topological polar surface area (TPSA) is 30.5 Å². The molecule has 2 atom stereocenters. The highest BCUT2D eigenvalue weighted by molar-refractivity contribution is 8.00. The highest BCUT2D eigenvalue weighted by Crippen LogP contribution is 2.48.